The van der Waals surface area contributed by atoms with Crippen LogP contribution in [0.15, 0.2) is 30.3 Å². The Morgan fingerprint density at radius 2 is 1.87 bits per heavy atom. The summed E-state index contributed by atoms with van der Waals surface area (Å²) in [4.78, 5) is 10.7. The van der Waals surface area contributed by atoms with Gasteiger partial charge in [0.2, 0.25) is 0 Å². The van der Waals surface area contributed by atoms with Crippen molar-refractivity contribution in [2.45, 2.75) is 6.04 Å². The second-order valence-electron chi connectivity index (χ2n) is 2.74. The van der Waals surface area contributed by atoms with Crippen LogP contribution in [0.5, 0.6) is 0 Å². The number of carboxylic acid groups (broad SMARTS) is 1. The molecular weight excluding hydrogens is 225 g/mol. The summed E-state index contributed by atoms with van der Waals surface area (Å²) in [7, 11) is -5.05. The van der Waals surface area contributed by atoms with Crippen LogP contribution in [0.2, 0.25) is 0 Å². The fourth-order valence-corrected chi connectivity index (χ4v) is 1.57. The van der Waals surface area contributed by atoms with Gasteiger partial charge in [0.05, 0.1) is 0 Å². The number of carboxylic acids is 1. The van der Waals surface area contributed by atoms with Gasteiger partial charge in [-0.2, -0.15) is 13.1 Å². The van der Waals surface area contributed by atoms with E-state index in [1.165, 1.54) is 29.0 Å². The van der Waals surface area contributed by atoms with Crippen LogP contribution in [-0.2, 0) is 15.2 Å². The minimum Gasteiger partial charge on any atom is -0.480 e. The maximum atomic E-state index is 12.3. The molecule has 0 aliphatic rings. The van der Waals surface area contributed by atoms with Gasteiger partial charge in [-0.15, -0.1) is 0 Å². The van der Waals surface area contributed by atoms with E-state index >= 15 is 0 Å². The summed E-state index contributed by atoms with van der Waals surface area (Å²) in [6, 6.07) is 5.84. The topological polar surface area (TPSA) is 83.5 Å². The summed E-state index contributed by atoms with van der Waals surface area (Å²) in [5.41, 5.74) is 0.159. The van der Waals surface area contributed by atoms with Crippen molar-refractivity contribution in [2.75, 3.05) is 0 Å². The summed E-state index contributed by atoms with van der Waals surface area (Å²) in [5.74, 6) is -1.47. The van der Waals surface area contributed by atoms with E-state index in [-0.39, 0.29) is 5.56 Å². The fraction of sp³-hybridized carbons (Fsp3) is 0.125. The molecule has 1 atom stereocenters. The number of benzene rings is 1. The van der Waals surface area contributed by atoms with E-state index in [9.17, 15) is 17.1 Å². The van der Waals surface area contributed by atoms with Crippen LogP contribution in [0.4, 0.5) is 3.89 Å². The highest BCUT2D eigenvalue weighted by Gasteiger charge is 2.24. The lowest BCUT2D eigenvalue weighted by Crippen LogP contribution is -2.31. The molecule has 1 rings (SSSR count). The molecule has 0 unspecified atom stereocenters. The first-order valence-corrected chi connectivity index (χ1v) is 5.28. The maximum Gasteiger partial charge on any atom is 0.373 e. The van der Waals surface area contributed by atoms with Gasteiger partial charge in [-0.05, 0) is 5.56 Å². The third-order valence-electron chi connectivity index (χ3n) is 1.64. The zero-order chi connectivity index (χ0) is 11.5. The van der Waals surface area contributed by atoms with Crippen LogP contribution >= 0.6 is 0 Å². The largest absolute Gasteiger partial charge is 0.480 e. The summed E-state index contributed by atoms with van der Waals surface area (Å²) >= 11 is 0. The van der Waals surface area contributed by atoms with Gasteiger partial charge in [0, 0.05) is 0 Å². The molecule has 0 fully saturated rings. The number of nitrogens with one attached hydrogen (secondary N) is 1. The predicted molar refractivity (Wildman–Crippen MR) is 50.0 cm³/mol. The zero-order valence-electron chi connectivity index (χ0n) is 7.42. The Hall–Kier alpha value is -1.47. The van der Waals surface area contributed by atoms with E-state index in [0.717, 1.165) is 0 Å². The second kappa shape index (κ2) is 4.37. The van der Waals surface area contributed by atoms with Gasteiger partial charge < -0.3 is 5.11 Å². The summed E-state index contributed by atoms with van der Waals surface area (Å²) in [6.45, 7) is 0. The van der Waals surface area contributed by atoms with Crippen LogP contribution in [0, 0.1) is 0 Å². The lowest BCUT2D eigenvalue weighted by molar-refractivity contribution is -0.139. The molecule has 0 saturated carbocycles. The second-order valence-corrected chi connectivity index (χ2v) is 3.85. The average Bonchev–Trinajstić information content (AvgIpc) is 2.14. The minimum absolute atomic E-state index is 0.159. The molecule has 0 heterocycles. The van der Waals surface area contributed by atoms with Crippen LogP contribution in [0.1, 0.15) is 11.6 Å². The van der Waals surface area contributed by atoms with Crippen molar-refractivity contribution in [1.29, 1.82) is 0 Å². The summed E-state index contributed by atoms with van der Waals surface area (Å²) < 4.78 is 34.2. The van der Waals surface area contributed by atoms with E-state index in [1.807, 2.05) is 0 Å². The Morgan fingerprint density at radius 1 is 1.33 bits per heavy atom. The van der Waals surface area contributed by atoms with E-state index in [2.05, 4.69) is 0 Å². The minimum atomic E-state index is -5.05. The first-order chi connectivity index (χ1) is 6.90. The highest BCUT2D eigenvalue weighted by Crippen LogP contribution is 2.13. The smallest absolute Gasteiger partial charge is 0.373 e. The Kier molecular flexibility index (Phi) is 3.38. The van der Waals surface area contributed by atoms with Gasteiger partial charge in [-0.25, -0.2) is 0 Å². The number of hydrogen-bond acceptors (Lipinski definition) is 3. The predicted octanol–water partition coefficient (Wildman–Crippen LogP) is 0.616. The molecule has 15 heavy (non-hydrogen) atoms. The molecule has 0 bridgehead atoms. The molecule has 0 saturated heterocycles. The number of rotatable bonds is 4. The molecule has 5 nitrogen and oxygen atoms in total. The normalized spacial score (nSPS) is 13.4. The summed E-state index contributed by atoms with van der Waals surface area (Å²) in [6.07, 6.45) is 0. The lowest BCUT2D eigenvalue weighted by atomic mass is 10.1. The van der Waals surface area contributed by atoms with Crippen molar-refractivity contribution in [3.8, 4) is 0 Å². The van der Waals surface area contributed by atoms with Gasteiger partial charge in [0.25, 0.3) is 0 Å². The molecule has 1 aromatic carbocycles. The van der Waals surface area contributed by atoms with Crippen LogP contribution in [0.25, 0.3) is 0 Å². The Bertz CT molecular complexity index is 445. The quantitative estimate of drug-likeness (QED) is 0.746. The fourth-order valence-electron chi connectivity index (χ4n) is 1.05. The number of aliphatic carboxylic acids is 1. The van der Waals surface area contributed by atoms with Crippen molar-refractivity contribution in [2.24, 2.45) is 0 Å². The van der Waals surface area contributed by atoms with Crippen molar-refractivity contribution in [1.82, 2.24) is 4.72 Å². The van der Waals surface area contributed by atoms with Gasteiger partial charge >= 0.3 is 16.4 Å². The monoisotopic (exact) mass is 233 g/mol. The van der Waals surface area contributed by atoms with Gasteiger partial charge in [0.1, 0.15) is 6.04 Å². The molecule has 7 heteroatoms. The molecular formula is C8H8FNO4S. The molecule has 2 N–H and O–H groups in total. The highest BCUT2D eigenvalue weighted by atomic mass is 32.3. The van der Waals surface area contributed by atoms with Crippen LogP contribution in [-0.4, -0.2) is 19.5 Å². The van der Waals surface area contributed by atoms with Gasteiger partial charge in [0.15, 0.2) is 0 Å². The van der Waals surface area contributed by atoms with Gasteiger partial charge in [-0.3, -0.25) is 4.79 Å². The molecule has 82 valence electrons. The average molecular weight is 233 g/mol. The van der Waals surface area contributed by atoms with E-state index in [4.69, 9.17) is 5.11 Å². The zero-order valence-corrected chi connectivity index (χ0v) is 8.24. The van der Waals surface area contributed by atoms with E-state index in [1.54, 1.807) is 6.07 Å². The molecule has 0 aromatic heterocycles. The first kappa shape index (κ1) is 11.6. The third-order valence-corrected chi connectivity index (χ3v) is 2.16. The van der Waals surface area contributed by atoms with Crippen molar-refractivity contribution in [3.05, 3.63) is 35.9 Å². The number of hydrogen-bond donors (Lipinski definition) is 2. The van der Waals surface area contributed by atoms with Crippen molar-refractivity contribution in [3.63, 3.8) is 0 Å². The third kappa shape index (κ3) is 3.64. The maximum absolute atomic E-state index is 12.3. The Balaban J connectivity index is 3.00. The van der Waals surface area contributed by atoms with Gasteiger partial charge in [-0.1, -0.05) is 34.2 Å². The molecule has 0 aliphatic carbocycles. The standard InChI is InChI=1S/C8H8FNO4S/c9-15(13,14)10-7(8(11)12)6-4-2-1-3-5-6/h1-5,7,10H,(H,11,12)/t7-/m1/s1. The molecule has 0 amide bonds. The highest BCUT2D eigenvalue weighted by molar-refractivity contribution is 7.84. The van der Waals surface area contributed by atoms with E-state index < -0.39 is 22.4 Å². The number of halogens is 1. The van der Waals surface area contributed by atoms with Crippen LogP contribution < -0.4 is 4.72 Å². The van der Waals surface area contributed by atoms with E-state index in [0.29, 0.717) is 0 Å². The molecule has 0 spiro atoms. The Labute approximate surface area is 85.9 Å². The first-order valence-electron chi connectivity index (χ1n) is 3.90. The molecule has 1 aromatic rings. The molecule has 0 aliphatic heterocycles. The van der Waals surface area contributed by atoms with Crippen LogP contribution in [0.3, 0.4) is 0 Å². The Morgan fingerprint density at radius 3 is 2.27 bits per heavy atom. The number of carbonyl (C=O) groups is 1. The summed E-state index contributed by atoms with van der Waals surface area (Å²) in [5, 5.41) is 8.70. The van der Waals surface area contributed by atoms with Crippen molar-refractivity contribution < 1.29 is 22.2 Å². The van der Waals surface area contributed by atoms with Crippen molar-refractivity contribution >= 4 is 16.4 Å². The lowest BCUT2D eigenvalue weighted by Gasteiger charge is -2.10. The SMILES string of the molecule is O=C(O)[C@H](NS(=O)(=O)F)c1ccccc1. The molecule has 0 radical (unpaired) electrons.